The van der Waals surface area contributed by atoms with Crippen LogP contribution in [0.3, 0.4) is 0 Å². The summed E-state index contributed by atoms with van der Waals surface area (Å²) in [5, 5.41) is 7.03. The first-order valence-corrected chi connectivity index (χ1v) is 8.04. The fraction of sp³-hybridized carbons (Fsp3) is 0.643. The van der Waals surface area contributed by atoms with Crippen molar-refractivity contribution in [3.63, 3.8) is 0 Å². The number of carbonyl (C=O) groups is 1. The molecule has 1 amide bonds. The Balaban J connectivity index is 0.00000220. The summed E-state index contributed by atoms with van der Waals surface area (Å²) in [6, 6.07) is 1.93. The maximum atomic E-state index is 11.8. The molecule has 2 rings (SSSR count). The summed E-state index contributed by atoms with van der Waals surface area (Å²) in [6.07, 6.45) is 2.40. The quantitative estimate of drug-likeness (QED) is 0.635. The number of hydrogen-bond acceptors (Lipinski definition) is 5. The molecule has 0 saturated carbocycles. The van der Waals surface area contributed by atoms with Crippen molar-refractivity contribution in [2.45, 2.75) is 31.8 Å². The first-order chi connectivity index (χ1) is 9.63. The molecule has 1 aliphatic rings. The van der Waals surface area contributed by atoms with Crippen molar-refractivity contribution in [2.75, 3.05) is 25.4 Å². The highest BCUT2D eigenvalue weighted by Gasteiger charge is 2.14. The molecule has 2 N–H and O–H groups in total. The van der Waals surface area contributed by atoms with Crippen LogP contribution < -0.4 is 10.6 Å². The number of aromatic nitrogens is 2. The monoisotopic (exact) mass is 330 g/mol. The Bertz CT molecular complexity index is 446. The number of nitrogens with one attached hydrogen (secondary N) is 2. The van der Waals surface area contributed by atoms with E-state index >= 15 is 0 Å². The number of thioether (sulfide) groups is 1. The smallest absolute Gasteiger partial charge is 0.230 e. The third-order valence-electron chi connectivity index (χ3n) is 3.28. The molecule has 0 spiro atoms. The van der Waals surface area contributed by atoms with E-state index in [2.05, 4.69) is 20.6 Å². The first-order valence-electron chi connectivity index (χ1n) is 7.06. The van der Waals surface area contributed by atoms with Crippen LogP contribution in [0.25, 0.3) is 0 Å². The molecule has 7 heteroatoms. The van der Waals surface area contributed by atoms with Crippen LogP contribution in [0.1, 0.15) is 24.2 Å². The third-order valence-corrected chi connectivity index (χ3v) is 4.13. The zero-order chi connectivity index (χ0) is 14.4. The lowest BCUT2D eigenvalue weighted by Crippen LogP contribution is -2.38. The topological polar surface area (TPSA) is 66.9 Å². The van der Waals surface area contributed by atoms with Crippen LogP contribution in [0.2, 0.25) is 0 Å². The number of piperidine rings is 1. The van der Waals surface area contributed by atoms with E-state index in [9.17, 15) is 4.79 Å². The Kier molecular flexibility index (Phi) is 8.00. The van der Waals surface area contributed by atoms with Gasteiger partial charge in [0.05, 0.1) is 5.75 Å². The van der Waals surface area contributed by atoms with E-state index < -0.39 is 0 Å². The van der Waals surface area contributed by atoms with Gasteiger partial charge in [-0.2, -0.15) is 0 Å². The average Bonchev–Trinajstić information content (AvgIpc) is 2.43. The van der Waals surface area contributed by atoms with Crippen LogP contribution in [-0.4, -0.2) is 41.3 Å². The number of rotatable bonds is 5. The second kappa shape index (κ2) is 9.23. The predicted molar refractivity (Wildman–Crippen MR) is 88.1 cm³/mol. The normalized spacial score (nSPS) is 17.9. The van der Waals surface area contributed by atoms with E-state index in [1.165, 1.54) is 24.6 Å². The van der Waals surface area contributed by atoms with Crippen molar-refractivity contribution in [3.05, 3.63) is 17.5 Å². The number of halogens is 1. The summed E-state index contributed by atoms with van der Waals surface area (Å²) in [6.45, 7) is 6.75. The minimum absolute atomic E-state index is 0. The van der Waals surface area contributed by atoms with E-state index in [1.54, 1.807) is 0 Å². The minimum Gasteiger partial charge on any atom is -0.355 e. The van der Waals surface area contributed by atoms with E-state index in [1.807, 2.05) is 19.9 Å². The largest absolute Gasteiger partial charge is 0.355 e. The standard InChI is InChI=1S/C14H22N4OS.ClH/c1-10-6-11(2)18-14(17-10)20-9-13(19)16-8-12-4-3-5-15-7-12;/h6,12,15H,3-5,7-9H2,1-2H3,(H,16,19);1H. The maximum Gasteiger partial charge on any atom is 0.230 e. The lowest BCUT2D eigenvalue weighted by atomic mass is 10.00. The highest BCUT2D eigenvalue weighted by molar-refractivity contribution is 7.99. The molecule has 1 aromatic heterocycles. The Morgan fingerprint density at radius 2 is 2.14 bits per heavy atom. The number of nitrogens with zero attached hydrogens (tertiary/aromatic N) is 2. The molecule has 1 aliphatic heterocycles. The fourth-order valence-corrected chi connectivity index (χ4v) is 3.07. The lowest BCUT2D eigenvalue weighted by Gasteiger charge is -2.22. The predicted octanol–water partition coefficient (Wildman–Crippen LogP) is 1.72. The van der Waals surface area contributed by atoms with Crippen molar-refractivity contribution >= 4 is 30.1 Å². The molecule has 0 aromatic carbocycles. The number of amides is 1. The second-order valence-corrected chi connectivity index (χ2v) is 6.18. The molecule has 1 atom stereocenters. The van der Waals surface area contributed by atoms with Gasteiger partial charge in [-0.05, 0) is 51.8 Å². The summed E-state index contributed by atoms with van der Waals surface area (Å²) < 4.78 is 0. The molecule has 0 aliphatic carbocycles. The van der Waals surface area contributed by atoms with Gasteiger partial charge in [-0.15, -0.1) is 12.4 Å². The van der Waals surface area contributed by atoms with Crippen LogP contribution in [0.4, 0.5) is 0 Å². The Labute approximate surface area is 136 Å². The van der Waals surface area contributed by atoms with Gasteiger partial charge in [0, 0.05) is 17.9 Å². The SMILES string of the molecule is Cc1cc(C)nc(SCC(=O)NCC2CCCNC2)n1.Cl. The third kappa shape index (κ3) is 6.63. The summed E-state index contributed by atoms with van der Waals surface area (Å²) in [5.41, 5.74) is 1.88. The number of carbonyl (C=O) groups excluding carboxylic acids is 1. The number of aryl methyl sites for hydroxylation is 2. The van der Waals surface area contributed by atoms with Gasteiger partial charge < -0.3 is 10.6 Å². The number of hydrogen-bond donors (Lipinski definition) is 2. The summed E-state index contributed by atoms with van der Waals surface area (Å²) >= 11 is 1.39. The molecule has 1 aromatic rings. The van der Waals surface area contributed by atoms with Crippen LogP contribution >= 0.6 is 24.2 Å². The van der Waals surface area contributed by atoms with Crippen molar-refractivity contribution in [1.29, 1.82) is 0 Å². The molecule has 5 nitrogen and oxygen atoms in total. The molecule has 118 valence electrons. The fourth-order valence-electron chi connectivity index (χ4n) is 2.30. The molecule has 0 radical (unpaired) electrons. The molecular formula is C14H23ClN4OS. The zero-order valence-corrected chi connectivity index (χ0v) is 14.1. The van der Waals surface area contributed by atoms with E-state index in [0.29, 0.717) is 16.8 Å². The Morgan fingerprint density at radius 1 is 1.43 bits per heavy atom. The molecule has 1 unspecified atom stereocenters. The van der Waals surface area contributed by atoms with E-state index in [4.69, 9.17) is 0 Å². The van der Waals surface area contributed by atoms with Crippen molar-refractivity contribution < 1.29 is 4.79 Å². The van der Waals surface area contributed by atoms with Crippen molar-refractivity contribution in [2.24, 2.45) is 5.92 Å². The lowest BCUT2D eigenvalue weighted by molar-refractivity contribution is -0.118. The summed E-state index contributed by atoms with van der Waals surface area (Å²) in [4.78, 5) is 20.5. The van der Waals surface area contributed by atoms with Gasteiger partial charge in [-0.25, -0.2) is 9.97 Å². The van der Waals surface area contributed by atoms with E-state index in [-0.39, 0.29) is 18.3 Å². The average molecular weight is 331 g/mol. The highest BCUT2D eigenvalue weighted by atomic mass is 35.5. The zero-order valence-electron chi connectivity index (χ0n) is 12.5. The molecule has 0 bridgehead atoms. The summed E-state index contributed by atoms with van der Waals surface area (Å²) in [5.74, 6) is 1.00. The van der Waals surface area contributed by atoms with Gasteiger partial charge in [0.25, 0.3) is 0 Å². The van der Waals surface area contributed by atoms with E-state index in [0.717, 1.165) is 31.0 Å². The minimum atomic E-state index is 0. The molecule has 2 heterocycles. The second-order valence-electron chi connectivity index (χ2n) is 5.24. The van der Waals surface area contributed by atoms with Gasteiger partial charge in [0.1, 0.15) is 0 Å². The Hall–Kier alpha value is -0.850. The van der Waals surface area contributed by atoms with Crippen LogP contribution in [-0.2, 0) is 4.79 Å². The van der Waals surface area contributed by atoms with Gasteiger partial charge in [-0.1, -0.05) is 11.8 Å². The van der Waals surface area contributed by atoms with Gasteiger partial charge in [0.15, 0.2) is 5.16 Å². The van der Waals surface area contributed by atoms with Crippen molar-refractivity contribution in [3.8, 4) is 0 Å². The molecule has 1 saturated heterocycles. The van der Waals surface area contributed by atoms with Gasteiger partial charge in [-0.3, -0.25) is 4.79 Å². The van der Waals surface area contributed by atoms with Crippen molar-refractivity contribution in [1.82, 2.24) is 20.6 Å². The highest BCUT2D eigenvalue weighted by Crippen LogP contribution is 2.14. The van der Waals surface area contributed by atoms with Crippen LogP contribution in [0, 0.1) is 19.8 Å². The van der Waals surface area contributed by atoms with Crippen LogP contribution in [0.5, 0.6) is 0 Å². The van der Waals surface area contributed by atoms with Crippen LogP contribution in [0.15, 0.2) is 11.2 Å². The molecule has 21 heavy (non-hydrogen) atoms. The molecular weight excluding hydrogens is 308 g/mol. The van der Waals surface area contributed by atoms with Gasteiger partial charge >= 0.3 is 0 Å². The Morgan fingerprint density at radius 3 is 2.76 bits per heavy atom. The maximum absolute atomic E-state index is 11.8. The molecule has 1 fully saturated rings. The summed E-state index contributed by atoms with van der Waals surface area (Å²) in [7, 11) is 0. The first kappa shape index (κ1) is 18.2. The van der Waals surface area contributed by atoms with Gasteiger partial charge in [0.2, 0.25) is 5.91 Å².